The smallest absolute Gasteiger partial charge is 0.198 e. The first-order chi connectivity index (χ1) is 19.1. The number of rotatable bonds is 9. The summed E-state index contributed by atoms with van der Waals surface area (Å²) in [6, 6.07) is 0.231. The number of aldehydes is 1. The number of Topliss-reactive ketones (excluding diaryl/α,β-unsaturated/α-hetero) is 1. The third kappa shape index (κ3) is 17.2. The highest BCUT2D eigenvalue weighted by Crippen LogP contribution is 2.35. The quantitative estimate of drug-likeness (QED) is 0.133. The Labute approximate surface area is 249 Å². The zero-order valence-electron chi connectivity index (χ0n) is 26.4. The molecule has 1 spiro atoms. The van der Waals surface area contributed by atoms with Crippen molar-refractivity contribution >= 4 is 23.8 Å². The van der Waals surface area contributed by atoms with Crippen molar-refractivity contribution in [3.63, 3.8) is 0 Å². The van der Waals surface area contributed by atoms with Crippen LogP contribution < -0.4 is 10.8 Å². The molecule has 8 heteroatoms. The maximum atomic E-state index is 12.0. The van der Waals surface area contributed by atoms with Gasteiger partial charge in [0.15, 0.2) is 11.6 Å². The first-order valence-corrected chi connectivity index (χ1v) is 15.7. The number of ether oxygens (including phenoxy) is 2. The van der Waals surface area contributed by atoms with Crippen LogP contribution in [0.15, 0.2) is 23.1 Å². The van der Waals surface area contributed by atoms with E-state index in [9.17, 15) is 9.59 Å². The molecule has 0 aromatic heterocycles. The van der Waals surface area contributed by atoms with Crippen molar-refractivity contribution in [2.24, 2.45) is 17.3 Å². The van der Waals surface area contributed by atoms with Crippen molar-refractivity contribution in [2.45, 2.75) is 112 Å². The van der Waals surface area contributed by atoms with Crippen molar-refractivity contribution in [3.05, 3.63) is 23.1 Å². The molecule has 0 aromatic carbocycles. The van der Waals surface area contributed by atoms with Crippen molar-refractivity contribution in [2.75, 3.05) is 26.9 Å². The van der Waals surface area contributed by atoms with Crippen LogP contribution in [0.25, 0.3) is 0 Å². The highest BCUT2D eigenvalue weighted by atomic mass is 32.2. The maximum absolute atomic E-state index is 12.0. The molecule has 3 fully saturated rings. The monoisotopic (exact) mass is 580 g/mol. The normalized spacial score (nSPS) is 22.1. The van der Waals surface area contributed by atoms with Gasteiger partial charge in [-0.15, -0.1) is 5.92 Å². The minimum Gasteiger partial charge on any atom is -0.393 e. The van der Waals surface area contributed by atoms with Crippen molar-refractivity contribution in [1.82, 2.24) is 10.8 Å². The van der Waals surface area contributed by atoms with Gasteiger partial charge in [-0.3, -0.25) is 9.63 Å². The summed E-state index contributed by atoms with van der Waals surface area (Å²) in [5, 5.41) is 4.47. The molecule has 1 aliphatic heterocycles. The molecular formula is C32H56N2O5S. The fourth-order valence-corrected chi connectivity index (χ4v) is 5.01. The van der Waals surface area contributed by atoms with Crippen LogP contribution >= 0.6 is 11.8 Å². The average molecular weight is 581 g/mol. The van der Waals surface area contributed by atoms with Crippen LogP contribution in [0, 0.1) is 29.1 Å². The Bertz CT molecular complexity index is 788. The van der Waals surface area contributed by atoms with E-state index >= 15 is 0 Å². The molecule has 0 aromatic rings. The lowest BCUT2D eigenvalue weighted by atomic mass is 9.84. The van der Waals surface area contributed by atoms with E-state index in [0.29, 0.717) is 24.0 Å². The lowest BCUT2D eigenvalue weighted by Crippen LogP contribution is -2.42. The number of carbonyl (C=O) groups excluding carboxylic acids is 2. The second kappa shape index (κ2) is 22.0. The molecule has 2 saturated carbocycles. The zero-order chi connectivity index (χ0) is 30.4. The molecule has 1 heterocycles. The lowest BCUT2D eigenvalue weighted by molar-refractivity contribution is -0.184. The Kier molecular flexibility index (Phi) is 21.1. The molecule has 2 N–H and O–H groups in total. The molecule has 0 bridgehead atoms. The van der Waals surface area contributed by atoms with Crippen molar-refractivity contribution in [3.8, 4) is 11.8 Å². The number of ketones is 1. The molecule has 0 amide bonds. The summed E-state index contributed by atoms with van der Waals surface area (Å²) >= 11 is 1.28. The number of hydrogen-bond donors (Lipinski definition) is 2. The predicted molar refractivity (Wildman–Crippen MR) is 167 cm³/mol. The molecule has 0 unspecified atom stereocenters. The third-order valence-corrected chi connectivity index (χ3v) is 7.29. The minimum absolute atomic E-state index is 0.00297. The average Bonchev–Trinajstić information content (AvgIpc) is 3.39. The molecular weight excluding hydrogens is 524 g/mol. The fraction of sp³-hybridized carbons (Fsp3) is 0.750. The standard InChI is InChI=1S/C15H24N2O4S.C8H14O.C7H12.C2H6/c1-3-22-14(10-16-2)13(18)11-21-17-12-4-6-15(7-5-12)19-8-9-20-15;1-7-2-4-8(6-9)5-3-7;1-5-6-7(2,3)4;1-2/h3,10,12,16-17H,1,4-9,11H2,2H3;6-8H,2-5H2,1H3;1-4H3;1-2H3/b14-10+;;;. The van der Waals surface area contributed by atoms with Crippen LogP contribution in [0.2, 0.25) is 0 Å². The highest BCUT2D eigenvalue weighted by molar-refractivity contribution is 8.06. The van der Waals surface area contributed by atoms with E-state index in [1.54, 1.807) is 18.7 Å². The predicted octanol–water partition coefficient (Wildman–Crippen LogP) is 6.79. The van der Waals surface area contributed by atoms with Gasteiger partial charge in [0.1, 0.15) is 12.9 Å². The van der Waals surface area contributed by atoms with Crippen molar-refractivity contribution in [1.29, 1.82) is 0 Å². The summed E-state index contributed by atoms with van der Waals surface area (Å²) in [5.74, 6) is 6.70. The van der Waals surface area contributed by atoms with Gasteiger partial charge in [0, 0.05) is 43.5 Å². The van der Waals surface area contributed by atoms with Gasteiger partial charge >= 0.3 is 0 Å². The van der Waals surface area contributed by atoms with Crippen LogP contribution in [-0.2, 0) is 23.9 Å². The van der Waals surface area contributed by atoms with E-state index in [-0.39, 0.29) is 29.6 Å². The molecule has 0 radical (unpaired) electrons. The number of carbonyl (C=O) groups is 2. The number of thioether (sulfide) groups is 1. The summed E-state index contributed by atoms with van der Waals surface area (Å²) in [5.41, 5.74) is 3.17. The van der Waals surface area contributed by atoms with Gasteiger partial charge < -0.3 is 19.6 Å². The number of nitrogens with one attached hydrogen (secondary N) is 2. The molecule has 3 rings (SSSR count). The Balaban J connectivity index is 0.000000693. The second-order valence-electron chi connectivity index (χ2n) is 11.1. The van der Waals surface area contributed by atoms with Gasteiger partial charge in [-0.2, -0.15) is 5.48 Å². The van der Waals surface area contributed by atoms with Gasteiger partial charge in [-0.1, -0.05) is 57.9 Å². The minimum atomic E-state index is -0.364. The molecule has 230 valence electrons. The first kappa shape index (κ1) is 38.4. The zero-order valence-corrected chi connectivity index (χ0v) is 27.2. The van der Waals surface area contributed by atoms with Gasteiger partial charge in [0.2, 0.25) is 0 Å². The van der Waals surface area contributed by atoms with E-state index in [1.165, 1.54) is 24.6 Å². The Hall–Kier alpha value is -1.63. The van der Waals surface area contributed by atoms with E-state index in [2.05, 4.69) is 56.9 Å². The molecule has 7 nitrogen and oxygen atoms in total. The summed E-state index contributed by atoms with van der Waals surface area (Å²) < 4.78 is 11.4. The molecule has 3 aliphatic rings. The Morgan fingerprint density at radius 2 is 1.68 bits per heavy atom. The SMILES string of the molecule is C=CS/C(=C/NC)C(=O)CONC1CCC2(CC1)OCCO2.CC.CC#CC(C)(C)C.CC1CCC(C=O)CC1. The van der Waals surface area contributed by atoms with Crippen LogP contribution in [-0.4, -0.2) is 50.8 Å². The van der Waals surface area contributed by atoms with Crippen LogP contribution in [0.1, 0.15) is 99.8 Å². The van der Waals surface area contributed by atoms with E-state index in [4.69, 9.17) is 14.3 Å². The Morgan fingerprint density at radius 1 is 1.10 bits per heavy atom. The highest BCUT2D eigenvalue weighted by Gasteiger charge is 2.40. The van der Waals surface area contributed by atoms with Gasteiger partial charge in [-0.05, 0) is 64.7 Å². The van der Waals surface area contributed by atoms with Crippen LogP contribution in [0.4, 0.5) is 0 Å². The largest absolute Gasteiger partial charge is 0.393 e. The fourth-order valence-electron chi connectivity index (χ4n) is 4.46. The molecule has 1 saturated heterocycles. The lowest BCUT2D eigenvalue weighted by Gasteiger charge is -2.35. The Morgan fingerprint density at radius 3 is 2.10 bits per heavy atom. The maximum Gasteiger partial charge on any atom is 0.198 e. The third-order valence-electron chi connectivity index (χ3n) is 6.53. The summed E-state index contributed by atoms with van der Waals surface area (Å²) in [6.45, 7) is 19.4. The van der Waals surface area contributed by atoms with Gasteiger partial charge in [0.05, 0.1) is 18.1 Å². The molecule has 2 aliphatic carbocycles. The van der Waals surface area contributed by atoms with Crippen LogP contribution in [0.5, 0.6) is 0 Å². The second-order valence-corrected chi connectivity index (χ2v) is 12.1. The van der Waals surface area contributed by atoms with Crippen molar-refractivity contribution < 1.29 is 23.9 Å². The number of hydroxylamine groups is 1. The van der Waals surface area contributed by atoms with Gasteiger partial charge in [-0.25, -0.2) is 0 Å². The first-order valence-electron chi connectivity index (χ1n) is 14.8. The van der Waals surface area contributed by atoms with Crippen LogP contribution in [0.3, 0.4) is 0 Å². The van der Waals surface area contributed by atoms with Gasteiger partial charge in [0.25, 0.3) is 0 Å². The number of hydrogen-bond acceptors (Lipinski definition) is 8. The summed E-state index contributed by atoms with van der Waals surface area (Å²) in [6.07, 6.45) is 11.1. The topological polar surface area (TPSA) is 85.9 Å². The summed E-state index contributed by atoms with van der Waals surface area (Å²) in [7, 11) is 1.75. The van der Waals surface area contributed by atoms with E-state index < -0.39 is 0 Å². The molecule has 0 atom stereocenters. The van der Waals surface area contributed by atoms with E-state index in [0.717, 1.165) is 50.7 Å². The molecule has 40 heavy (non-hydrogen) atoms. The van der Waals surface area contributed by atoms with E-state index in [1.807, 2.05) is 20.8 Å². The summed E-state index contributed by atoms with van der Waals surface area (Å²) in [4.78, 5) is 28.2.